The minimum absolute atomic E-state index is 0.196. The molecule has 4 aliphatic carbocycles. The van der Waals surface area contributed by atoms with Gasteiger partial charge in [0.1, 0.15) is 5.75 Å². The molecule has 0 amide bonds. The van der Waals surface area contributed by atoms with E-state index >= 15 is 0 Å². The normalized spacial score (nSPS) is 28.8. The summed E-state index contributed by atoms with van der Waals surface area (Å²) < 4.78 is 17.3. The maximum absolute atomic E-state index is 6.26. The van der Waals surface area contributed by atoms with Gasteiger partial charge >= 0.3 is 6.48 Å². The van der Waals surface area contributed by atoms with Crippen LogP contribution in [-0.4, -0.2) is 20.2 Å². The summed E-state index contributed by atoms with van der Waals surface area (Å²) >= 11 is 0. The molecule has 4 aliphatic rings. The lowest BCUT2D eigenvalue weighted by atomic mass is 9.48. The molecule has 167 valence electrons. The van der Waals surface area contributed by atoms with Crippen molar-refractivity contribution in [1.29, 1.82) is 0 Å². The fraction of sp³-hybridized carbons (Fsp3) is 0.483. The molecule has 0 spiro atoms. The second-order valence-corrected chi connectivity index (χ2v) is 9.95. The van der Waals surface area contributed by atoms with E-state index in [2.05, 4.69) is 37.0 Å². The number of benzene rings is 2. The molecule has 0 saturated heterocycles. The molecule has 3 heteroatoms. The van der Waals surface area contributed by atoms with E-state index in [0.717, 1.165) is 40.2 Å². The van der Waals surface area contributed by atoms with Crippen molar-refractivity contribution in [1.82, 2.24) is 0 Å². The number of ether oxygens (including phenoxy) is 3. The number of methoxy groups -OCH3 is 1. The van der Waals surface area contributed by atoms with Crippen molar-refractivity contribution >= 4 is 0 Å². The van der Waals surface area contributed by atoms with Crippen LogP contribution >= 0.6 is 0 Å². The standard InChI is InChI=1S/C29H33O3/c1-4-31-28(30-3)32-27-12-11-22(10-9-21-7-5-20(2)6-8-21)16-26(27)29-17-23-13-24(18-29)15-25(14-23)19-29/h5-8,11-12,16,23-25,28H,2,4,13-15,17-19H2,1,3H3. The third kappa shape index (κ3) is 4.32. The molecule has 4 fully saturated rings. The zero-order valence-corrected chi connectivity index (χ0v) is 19.2. The summed E-state index contributed by atoms with van der Waals surface area (Å²) in [6.45, 7) is 5.76. The molecular weight excluding hydrogens is 396 g/mol. The Balaban J connectivity index is 1.51. The third-order valence-electron chi connectivity index (χ3n) is 7.61. The van der Waals surface area contributed by atoms with Gasteiger partial charge in [0.15, 0.2) is 0 Å². The average molecular weight is 430 g/mol. The Morgan fingerprint density at radius 1 is 0.938 bits per heavy atom. The van der Waals surface area contributed by atoms with Gasteiger partial charge in [-0.05, 0) is 111 Å². The van der Waals surface area contributed by atoms with Gasteiger partial charge in [-0.25, -0.2) is 0 Å². The molecule has 4 saturated carbocycles. The predicted octanol–water partition coefficient (Wildman–Crippen LogP) is 6.08. The third-order valence-corrected chi connectivity index (χ3v) is 7.61. The maximum atomic E-state index is 6.26. The van der Waals surface area contributed by atoms with Crippen LogP contribution in [0.1, 0.15) is 67.7 Å². The van der Waals surface area contributed by atoms with Gasteiger partial charge in [-0.1, -0.05) is 24.0 Å². The van der Waals surface area contributed by atoms with Gasteiger partial charge in [0.25, 0.3) is 0 Å². The fourth-order valence-electron chi connectivity index (χ4n) is 6.69. The van der Waals surface area contributed by atoms with Crippen molar-refractivity contribution in [3.05, 3.63) is 71.6 Å². The van der Waals surface area contributed by atoms with E-state index < -0.39 is 6.48 Å². The Kier molecular flexibility index (Phi) is 6.01. The number of hydrogen-bond acceptors (Lipinski definition) is 3. The van der Waals surface area contributed by atoms with Crippen molar-refractivity contribution in [2.24, 2.45) is 17.8 Å². The average Bonchev–Trinajstić information content (AvgIpc) is 2.78. The first-order chi connectivity index (χ1) is 15.6. The molecule has 2 aromatic carbocycles. The van der Waals surface area contributed by atoms with Gasteiger partial charge < -0.3 is 14.2 Å². The van der Waals surface area contributed by atoms with Crippen LogP contribution in [0.25, 0.3) is 0 Å². The van der Waals surface area contributed by atoms with E-state index in [1.165, 1.54) is 44.1 Å². The van der Waals surface area contributed by atoms with E-state index in [4.69, 9.17) is 14.2 Å². The first-order valence-electron chi connectivity index (χ1n) is 12.0. The van der Waals surface area contributed by atoms with Gasteiger partial charge in [-0.2, -0.15) is 0 Å². The molecular formula is C29H33O3. The fourth-order valence-corrected chi connectivity index (χ4v) is 6.69. The van der Waals surface area contributed by atoms with Crippen molar-refractivity contribution in [3.63, 3.8) is 0 Å². The summed E-state index contributed by atoms with van der Waals surface area (Å²) in [6.07, 6.45) is 8.04. The molecule has 0 N–H and O–H groups in total. The summed E-state index contributed by atoms with van der Waals surface area (Å²) in [5.41, 5.74) is 4.54. The van der Waals surface area contributed by atoms with Crippen LogP contribution in [0.15, 0.2) is 42.5 Å². The Morgan fingerprint density at radius 2 is 1.53 bits per heavy atom. The number of rotatable bonds is 6. The van der Waals surface area contributed by atoms with Crippen LogP contribution in [0.3, 0.4) is 0 Å². The Morgan fingerprint density at radius 3 is 2.12 bits per heavy atom. The highest BCUT2D eigenvalue weighted by molar-refractivity contribution is 5.51. The monoisotopic (exact) mass is 429 g/mol. The van der Waals surface area contributed by atoms with Crippen LogP contribution in [0.4, 0.5) is 0 Å². The summed E-state index contributed by atoms with van der Waals surface area (Å²) in [4.78, 5) is 0. The van der Waals surface area contributed by atoms with Crippen molar-refractivity contribution in [2.45, 2.75) is 57.3 Å². The Hall–Kier alpha value is -2.28. The van der Waals surface area contributed by atoms with Crippen molar-refractivity contribution < 1.29 is 14.2 Å². The lowest BCUT2D eigenvalue weighted by molar-refractivity contribution is -0.231. The van der Waals surface area contributed by atoms with Crippen LogP contribution < -0.4 is 4.74 Å². The van der Waals surface area contributed by atoms with Gasteiger partial charge in [0.05, 0.1) is 6.61 Å². The molecule has 1 atom stereocenters. The molecule has 3 nitrogen and oxygen atoms in total. The minimum Gasteiger partial charge on any atom is -0.441 e. The summed E-state index contributed by atoms with van der Waals surface area (Å²) in [5, 5.41) is 0. The molecule has 0 aromatic heterocycles. The quantitative estimate of drug-likeness (QED) is 0.411. The summed E-state index contributed by atoms with van der Waals surface area (Å²) in [6, 6.07) is 14.5. The highest BCUT2D eigenvalue weighted by atomic mass is 16.8. The smallest absolute Gasteiger partial charge is 0.315 e. The summed E-state index contributed by atoms with van der Waals surface area (Å²) in [5.74, 6) is 10.2. The zero-order chi connectivity index (χ0) is 22.1. The van der Waals surface area contributed by atoms with Crippen molar-refractivity contribution in [2.75, 3.05) is 13.7 Å². The lowest BCUT2D eigenvalue weighted by Crippen LogP contribution is -2.48. The molecule has 32 heavy (non-hydrogen) atoms. The first kappa shape index (κ1) is 21.6. The molecule has 6 rings (SSSR count). The van der Waals surface area contributed by atoms with E-state index in [1.807, 2.05) is 31.2 Å². The highest BCUT2D eigenvalue weighted by Crippen LogP contribution is 2.62. The second-order valence-electron chi connectivity index (χ2n) is 9.95. The molecule has 0 heterocycles. The van der Waals surface area contributed by atoms with Crippen LogP contribution in [0, 0.1) is 36.5 Å². The highest BCUT2D eigenvalue weighted by Gasteiger charge is 2.52. The van der Waals surface area contributed by atoms with Gasteiger partial charge in [0, 0.05) is 23.8 Å². The predicted molar refractivity (Wildman–Crippen MR) is 126 cm³/mol. The van der Waals surface area contributed by atoms with Crippen LogP contribution in [0.5, 0.6) is 5.75 Å². The SMILES string of the molecule is [CH2]c1ccc(C#Cc2ccc(OC(OC)OCC)c(C34CC5CC(CC(C5)C3)C4)c2)cc1. The maximum Gasteiger partial charge on any atom is 0.315 e. The van der Waals surface area contributed by atoms with E-state index in [1.54, 1.807) is 7.11 Å². The second kappa shape index (κ2) is 8.93. The molecule has 4 bridgehead atoms. The molecule has 2 aromatic rings. The van der Waals surface area contributed by atoms with Gasteiger partial charge in [-0.3, -0.25) is 0 Å². The zero-order valence-electron chi connectivity index (χ0n) is 19.2. The van der Waals surface area contributed by atoms with E-state index in [-0.39, 0.29) is 5.41 Å². The minimum atomic E-state index is -0.689. The lowest BCUT2D eigenvalue weighted by Gasteiger charge is -2.57. The first-order valence-corrected chi connectivity index (χ1v) is 12.0. The largest absolute Gasteiger partial charge is 0.441 e. The number of hydrogen-bond donors (Lipinski definition) is 0. The van der Waals surface area contributed by atoms with Gasteiger partial charge in [0.2, 0.25) is 0 Å². The Labute approximate surface area is 192 Å². The topological polar surface area (TPSA) is 27.7 Å². The van der Waals surface area contributed by atoms with Crippen molar-refractivity contribution in [3.8, 4) is 17.6 Å². The van der Waals surface area contributed by atoms with E-state index in [0.29, 0.717) is 6.61 Å². The Bertz CT molecular complexity index is 976. The molecule has 1 radical (unpaired) electrons. The molecule has 0 aliphatic heterocycles. The van der Waals surface area contributed by atoms with Crippen LogP contribution in [-0.2, 0) is 14.9 Å². The van der Waals surface area contributed by atoms with E-state index in [9.17, 15) is 0 Å². The summed E-state index contributed by atoms with van der Waals surface area (Å²) in [7, 11) is 1.63. The van der Waals surface area contributed by atoms with Crippen LogP contribution in [0.2, 0.25) is 0 Å². The van der Waals surface area contributed by atoms with Gasteiger partial charge in [-0.15, -0.1) is 0 Å². The molecule has 1 unspecified atom stereocenters.